The van der Waals surface area contributed by atoms with Crippen molar-refractivity contribution in [2.24, 2.45) is 0 Å². The van der Waals surface area contributed by atoms with Crippen molar-refractivity contribution in [3.63, 3.8) is 0 Å². The molecule has 9 nitrogen and oxygen atoms in total. The van der Waals surface area contributed by atoms with E-state index in [1.165, 1.54) is 6.92 Å². The Hall–Kier alpha value is -1.96. The second-order valence-corrected chi connectivity index (χ2v) is 6.11. The number of carbonyl (C=O) groups is 1. The normalized spacial score (nSPS) is 15.0. The van der Waals surface area contributed by atoms with Crippen LogP contribution in [0.4, 0.5) is 5.69 Å². The van der Waals surface area contributed by atoms with Crippen LogP contribution in [0.5, 0.6) is 5.75 Å². The molecular formula is C12H16N2O7P-. The van der Waals surface area contributed by atoms with Crippen molar-refractivity contribution in [2.45, 2.75) is 32.9 Å². The monoisotopic (exact) mass is 331 g/mol. The third kappa shape index (κ3) is 5.80. The van der Waals surface area contributed by atoms with Crippen LogP contribution in [0.3, 0.4) is 0 Å². The maximum Gasteiger partial charge on any atom is 0.323 e. The minimum absolute atomic E-state index is 0.110. The molecule has 0 amide bonds. The Morgan fingerprint density at radius 2 is 1.82 bits per heavy atom. The van der Waals surface area contributed by atoms with Crippen molar-refractivity contribution in [1.29, 1.82) is 0 Å². The molecule has 0 fully saturated rings. The molecule has 0 saturated carbocycles. The minimum Gasteiger partial charge on any atom is -0.756 e. The molecule has 0 saturated heterocycles. The quantitative estimate of drug-likeness (QED) is 0.343. The fourth-order valence-corrected chi connectivity index (χ4v) is 2.45. The van der Waals surface area contributed by atoms with Crippen LogP contribution in [-0.2, 0) is 14.1 Å². The van der Waals surface area contributed by atoms with Crippen molar-refractivity contribution in [2.75, 3.05) is 0 Å². The van der Waals surface area contributed by atoms with E-state index >= 15 is 0 Å². The van der Waals surface area contributed by atoms with Gasteiger partial charge in [-0.15, -0.1) is 0 Å². The molecule has 0 radical (unpaired) electrons. The highest BCUT2D eigenvalue weighted by molar-refractivity contribution is 7.49. The van der Waals surface area contributed by atoms with Gasteiger partial charge in [0.2, 0.25) is 0 Å². The Morgan fingerprint density at radius 1 is 1.27 bits per heavy atom. The van der Waals surface area contributed by atoms with Crippen molar-refractivity contribution in [1.82, 2.24) is 5.09 Å². The van der Waals surface area contributed by atoms with Gasteiger partial charge in [-0.1, -0.05) is 0 Å². The number of hydrogen-bond donors (Lipinski definition) is 1. The fraction of sp³-hybridized carbons (Fsp3) is 0.417. The lowest BCUT2D eigenvalue weighted by molar-refractivity contribution is -0.384. The molecule has 0 bridgehead atoms. The fourth-order valence-electron chi connectivity index (χ4n) is 1.42. The largest absolute Gasteiger partial charge is 0.756 e. The van der Waals surface area contributed by atoms with Crippen molar-refractivity contribution >= 4 is 19.4 Å². The van der Waals surface area contributed by atoms with Crippen LogP contribution in [0.2, 0.25) is 0 Å². The molecule has 0 aromatic heterocycles. The predicted octanol–water partition coefficient (Wildman–Crippen LogP) is 1.37. The number of nitro groups is 1. The van der Waals surface area contributed by atoms with Crippen LogP contribution in [-0.4, -0.2) is 23.0 Å². The minimum atomic E-state index is -4.58. The summed E-state index contributed by atoms with van der Waals surface area (Å²) >= 11 is 0. The Balaban J connectivity index is 2.68. The third-order valence-electron chi connectivity index (χ3n) is 2.33. The van der Waals surface area contributed by atoms with E-state index in [2.05, 4.69) is 0 Å². The highest BCUT2D eigenvalue weighted by Crippen LogP contribution is 2.35. The van der Waals surface area contributed by atoms with E-state index in [-0.39, 0.29) is 17.5 Å². The third-order valence-corrected chi connectivity index (χ3v) is 3.49. The molecule has 1 aromatic rings. The molecule has 1 N–H and O–H groups in total. The van der Waals surface area contributed by atoms with Crippen LogP contribution in [0.25, 0.3) is 0 Å². The number of benzene rings is 1. The van der Waals surface area contributed by atoms with Gasteiger partial charge in [-0.05, 0) is 32.9 Å². The summed E-state index contributed by atoms with van der Waals surface area (Å²) < 4.78 is 21.4. The zero-order valence-corrected chi connectivity index (χ0v) is 13.1. The predicted molar refractivity (Wildman–Crippen MR) is 75.2 cm³/mol. The molecule has 0 spiro atoms. The Kier molecular flexibility index (Phi) is 6.04. The zero-order chi connectivity index (χ0) is 16.9. The van der Waals surface area contributed by atoms with Gasteiger partial charge in [0, 0.05) is 12.1 Å². The summed E-state index contributed by atoms with van der Waals surface area (Å²) in [6, 6.07) is 3.37. The molecular weight excluding hydrogens is 315 g/mol. The second-order valence-electron chi connectivity index (χ2n) is 4.68. The SMILES string of the molecule is CC(C)OC(=O)C(C)NP(=O)([O-])Oc1ccc([N+](=O)[O-])cc1. The first-order valence-electron chi connectivity index (χ1n) is 6.34. The first kappa shape index (κ1) is 18.1. The molecule has 2 atom stereocenters. The maximum atomic E-state index is 11.8. The number of nitro benzene ring substituents is 1. The number of ether oxygens (including phenoxy) is 1. The molecule has 10 heteroatoms. The van der Waals surface area contributed by atoms with Crippen molar-refractivity contribution < 1.29 is 28.4 Å². The average molecular weight is 331 g/mol. The van der Waals surface area contributed by atoms with E-state index in [1.807, 2.05) is 5.09 Å². The highest BCUT2D eigenvalue weighted by atomic mass is 31.2. The standard InChI is InChI=1S/C12H17N2O7P/c1-8(2)20-12(15)9(3)13-22(18,19)21-11-6-4-10(5-7-11)14(16)17/h4-9H,1-3H3,(H2,13,18,19)/p-1. The molecule has 1 rings (SSSR count). The van der Waals surface area contributed by atoms with Crippen LogP contribution in [0.15, 0.2) is 24.3 Å². The lowest BCUT2D eigenvalue weighted by Crippen LogP contribution is -2.38. The summed E-state index contributed by atoms with van der Waals surface area (Å²) in [7, 11) is -4.58. The van der Waals surface area contributed by atoms with Gasteiger partial charge in [-0.3, -0.25) is 19.5 Å². The molecule has 0 aliphatic rings. The summed E-state index contributed by atoms with van der Waals surface area (Å²) in [5, 5.41) is 12.5. The van der Waals surface area contributed by atoms with E-state index in [9.17, 15) is 24.4 Å². The molecule has 1 aromatic carbocycles. The number of non-ortho nitro benzene ring substituents is 1. The lowest BCUT2D eigenvalue weighted by Gasteiger charge is -2.27. The van der Waals surface area contributed by atoms with Crippen molar-refractivity contribution in [3.8, 4) is 5.75 Å². The van der Waals surface area contributed by atoms with Crippen LogP contribution in [0, 0.1) is 10.1 Å². The number of carbonyl (C=O) groups excluding carboxylic acids is 1. The van der Waals surface area contributed by atoms with Gasteiger partial charge in [0.05, 0.1) is 11.0 Å². The lowest BCUT2D eigenvalue weighted by atomic mass is 10.3. The number of esters is 1. The highest BCUT2D eigenvalue weighted by Gasteiger charge is 2.22. The number of nitrogens with zero attached hydrogens (tertiary/aromatic N) is 1. The number of rotatable bonds is 7. The van der Waals surface area contributed by atoms with Gasteiger partial charge in [-0.2, -0.15) is 0 Å². The van der Waals surface area contributed by atoms with E-state index in [0.29, 0.717) is 0 Å². The average Bonchev–Trinajstić information content (AvgIpc) is 2.37. The number of hydrogen-bond acceptors (Lipinski definition) is 7. The molecule has 2 unspecified atom stereocenters. The van der Waals surface area contributed by atoms with Crippen LogP contribution < -0.4 is 14.5 Å². The first-order valence-corrected chi connectivity index (χ1v) is 7.88. The first-order chi connectivity index (χ1) is 10.1. The van der Waals surface area contributed by atoms with Gasteiger partial charge in [0.1, 0.15) is 11.8 Å². The maximum absolute atomic E-state index is 11.8. The van der Waals surface area contributed by atoms with Crippen molar-refractivity contribution in [3.05, 3.63) is 34.4 Å². The van der Waals surface area contributed by atoms with Crippen LogP contribution in [0.1, 0.15) is 20.8 Å². The smallest absolute Gasteiger partial charge is 0.323 e. The summed E-state index contributed by atoms with van der Waals surface area (Å²) in [4.78, 5) is 33.2. The Labute approximate surface area is 127 Å². The van der Waals surface area contributed by atoms with E-state index in [0.717, 1.165) is 24.3 Å². The molecule has 0 aliphatic carbocycles. The molecule has 22 heavy (non-hydrogen) atoms. The Bertz CT molecular complexity index is 588. The van der Waals surface area contributed by atoms with E-state index in [4.69, 9.17) is 9.26 Å². The van der Waals surface area contributed by atoms with Gasteiger partial charge >= 0.3 is 5.97 Å². The topological polar surface area (TPSA) is 131 Å². The van der Waals surface area contributed by atoms with Gasteiger partial charge in [-0.25, -0.2) is 5.09 Å². The molecule has 0 heterocycles. The van der Waals surface area contributed by atoms with E-state index in [1.54, 1.807) is 13.8 Å². The van der Waals surface area contributed by atoms with Gasteiger partial charge in [0.25, 0.3) is 13.4 Å². The summed E-state index contributed by atoms with van der Waals surface area (Å²) in [5.41, 5.74) is -0.199. The molecule has 0 aliphatic heterocycles. The summed E-state index contributed by atoms with van der Waals surface area (Å²) in [5.74, 6) is -0.848. The van der Waals surface area contributed by atoms with Gasteiger partial charge in [0.15, 0.2) is 0 Å². The van der Waals surface area contributed by atoms with Crippen LogP contribution >= 0.6 is 7.75 Å². The molecule has 122 valence electrons. The second kappa shape index (κ2) is 7.35. The number of nitrogens with one attached hydrogen (secondary N) is 1. The van der Waals surface area contributed by atoms with Gasteiger partial charge < -0.3 is 14.2 Å². The zero-order valence-electron chi connectivity index (χ0n) is 12.2. The summed E-state index contributed by atoms with van der Waals surface area (Å²) in [6.45, 7) is 4.58. The Morgan fingerprint density at radius 3 is 2.27 bits per heavy atom. The van der Waals surface area contributed by atoms with E-state index < -0.39 is 24.7 Å². The summed E-state index contributed by atoms with van der Waals surface area (Å²) in [6.07, 6.45) is -0.377.